The van der Waals surface area contributed by atoms with Crippen LogP contribution < -0.4 is 5.32 Å². The summed E-state index contributed by atoms with van der Waals surface area (Å²) in [6.07, 6.45) is 5.12. The van der Waals surface area contributed by atoms with Crippen molar-refractivity contribution in [1.29, 1.82) is 0 Å². The normalized spacial score (nSPS) is 15.1. The van der Waals surface area contributed by atoms with Gasteiger partial charge in [0.1, 0.15) is 0 Å². The number of allylic oxidation sites excluding steroid dienone is 1. The van der Waals surface area contributed by atoms with Gasteiger partial charge >= 0.3 is 6.03 Å². The summed E-state index contributed by atoms with van der Waals surface area (Å²) in [6.45, 7) is 6.93. The van der Waals surface area contributed by atoms with Crippen LogP contribution in [0.4, 0.5) is 4.79 Å². The highest BCUT2D eigenvalue weighted by molar-refractivity contribution is 8.00. The number of amides is 3. The van der Waals surface area contributed by atoms with E-state index in [0.717, 1.165) is 5.56 Å². The van der Waals surface area contributed by atoms with Gasteiger partial charge in [-0.2, -0.15) is 0 Å². The highest BCUT2D eigenvalue weighted by atomic mass is 32.2. The summed E-state index contributed by atoms with van der Waals surface area (Å²) in [5.41, 5.74) is 0.883. The summed E-state index contributed by atoms with van der Waals surface area (Å²) >= 11 is 1.28. The Bertz CT molecular complexity index is 791. The lowest BCUT2D eigenvalue weighted by atomic mass is 10.2. The average Bonchev–Trinajstić information content (AvgIpc) is 3.22. The first-order chi connectivity index (χ1) is 12.1. The molecule has 0 spiro atoms. The first-order valence-corrected chi connectivity index (χ1v) is 8.70. The first-order valence-electron chi connectivity index (χ1n) is 7.82. The quantitative estimate of drug-likeness (QED) is 0.622. The molecule has 3 rings (SSSR count). The van der Waals surface area contributed by atoms with Crippen LogP contribution in [-0.2, 0) is 11.3 Å². The predicted molar refractivity (Wildman–Crippen MR) is 93.9 cm³/mol. The van der Waals surface area contributed by atoms with E-state index in [0.29, 0.717) is 30.6 Å². The van der Waals surface area contributed by atoms with E-state index in [-0.39, 0.29) is 11.9 Å². The van der Waals surface area contributed by atoms with Gasteiger partial charge < -0.3 is 5.32 Å². The predicted octanol–water partition coefficient (Wildman–Crippen LogP) is 1.56. The van der Waals surface area contributed by atoms with Gasteiger partial charge in [0.2, 0.25) is 5.91 Å². The maximum Gasteiger partial charge on any atom is 0.324 e. The second-order valence-corrected chi connectivity index (χ2v) is 6.73. The SMILES string of the molecule is C=CCn1c(S[C@@H](C)C(=O)N2CCNC2=O)nnc1-c1ccncc1. The minimum absolute atomic E-state index is 0.237. The van der Waals surface area contributed by atoms with Crippen LogP contribution in [0, 0.1) is 0 Å². The van der Waals surface area contributed by atoms with Crippen LogP contribution in [0.2, 0.25) is 0 Å². The van der Waals surface area contributed by atoms with Gasteiger partial charge in [0.15, 0.2) is 11.0 Å². The molecule has 1 saturated heterocycles. The molecule has 1 atom stereocenters. The standard InChI is InChI=1S/C16H18N6O2S/c1-3-9-21-13(12-4-6-17-7-5-12)19-20-16(21)25-11(2)14(23)22-10-8-18-15(22)24/h3-7,11H,1,8-10H2,2H3,(H,18,24)/t11-/m0/s1. The molecule has 25 heavy (non-hydrogen) atoms. The van der Waals surface area contributed by atoms with Crippen molar-refractivity contribution in [3.63, 3.8) is 0 Å². The van der Waals surface area contributed by atoms with E-state index in [1.165, 1.54) is 16.7 Å². The number of urea groups is 1. The van der Waals surface area contributed by atoms with Gasteiger partial charge in [-0.3, -0.25) is 19.2 Å². The van der Waals surface area contributed by atoms with E-state index in [4.69, 9.17) is 0 Å². The summed E-state index contributed by atoms with van der Waals surface area (Å²) in [4.78, 5) is 29.4. The van der Waals surface area contributed by atoms with Gasteiger partial charge in [-0.15, -0.1) is 16.8 Å². The van der Waals surface area contributed by atoms with Gasteiger partial charge in [-0.25, -0.2) is 4.79 Å². The van der Waals surface area contributed by atoms with E-state index in [2.05, 4.69) is 27.1 Å². The fourth-order valence-electron chi connectivity index (χ4n) is 2.49. The van der Waals surface area contributed by atoms with Crippen molar-refractivity contribution >= 4 is 23.7 Å². The summed E-state index contributed by atoms with van der Waals surface area (Å²) in [7, 11) is 0. The monoisotopic (exact) mass is 358 g/mol. The van der Waals surface area contributed by atoms with Crippen LogP contribution in [0.1, 0.15) is 6.92 Å². The van der Waals surface area contributed by atoms with Crippen LogP contribution >= 0.6 is 11.8 Å². The van der Waals surface area contributed by atoms with Crippen LogP contribution in [0.5, 0.6) is 0 Å². The highest BCUT2D eigenvalue weighted by Crippen LogP contribution is 2.27. The molecular formula is C16H18N6O2S. The number of imide groups is 1. The molecule has 1 fully saturated rings. The first kappa shape index (κ1) is 17.2. The number of carbonyl (C=O) groups is 2. The molecule has 2 aromatic heterocycles. The maximum absolute atomic E-state index is 12.5. The van der Waals surface area contributed by atoms with Crippen LogP contribution in [0.15, 0.2) is 42.3 Å². The molecule has 1 aliphatic heterocycles. The Morgan fingerprint density at radius 2 is 2.20 bits per heavy atom. The molecular weight excluding hydrogens is 340 g/mol. The maximum atomic E-state index is 12.5. The number of hydrogen-bond donors (Lipinski definition) is 1. The zero-order valence-corrected chi connectivity index (χ0v) is 14.6. The van der Waals surface area contributed by atoms with Crippen molar-refractivity contribution in [3.8, 4) is 11.4 Å². The van der Waals surface area contributed by atoms with E-state index >= 15 is 0 Å². The van der Waals surface area contributed by atoms with Gasteiger partial charge in [-0.05, 0) is 19.1 Å². The molecule has 2 aromatic rings. The largest absolute Gasteiger partial charge is 0.336 e. The number of thioether (sulfide) groups is 1. The summed E-state index contributed by atoms with van der Waals surface area (Å²) in [6, 6.07) is 3.35. The minimum Gasteiger partial charge on any atom is -0.336 e. The van der Waals surface area contributed by atoms with Crippen molar-refractivity contribution < 1.29 is 9.59 Å². The lowest BCUT2D eigenvalue weighted by Crippen LogP contribution is -2.39. The fourth-order valence-corrected chi connectivity index (χ4v) is 3.41. The molecule has 0 aromatic carbocycles. The molecule has 0 bridgehead atoms. The summed E-state index contributed by atoms with van der Waals surface area (Å²) in [5.74, 6) is 0.446. The van der Waals surface area contributed by atoms with Crippen molar-refractivity contribution in [2.45, 2.75) is 23.9 Å². The van der Waals surface area contributed by atoms with Crippen molar-refractivity contribution in [3.05, 3.63) is 37.2 Å². The van der Waals surface area contributed by atoms with Crippen molar-refractivity contribution in [2.24, 2.45) is 0 Å². The lowest BCUT2D eigenvalue weighted by molar-refractivity contribution is -0.126. The Balaban J connectivity index is 1.82. The Morgan fingerprint density at radius 1 is 1.44 bits per heavy atom. The second kappa shape index (κ2) is 7.47. The summed E-state index contributed by atoms with van der Waals surface area (Å²) < 4.78 is 1.89. The number of nitrogens with zero attached hydrogens (tertiary/aromatic N) is 5. The number of pyridine rings is 1. The third kappa shape index (κ3) is 3.55. The second-order valence-electron chi connectivity index (χ2n) is 5.42. The molecule has 3 heterocycles. The van der Waals surface area contributed by atoms with Crippen LogP contribution in [0.25, 0.3) is 11.4 Å². The van der Waals surface area contributed by atoms with Crippen molar-refractivity contribution in [2.75, 3.05) is 13.1 Å². The molecule has 0 aliphatic carbocycles. The number of hydrogen-bond acceptors (Lipinski definition) is 6. The molecule has 9 heteroatoms. The van der Waals surface area contributed by atoms with Gasteiger partial charge in [0, 0.05) is 37.6 Å². The van der Waals surface area contributed by atoms with E-state index < -0.39 is 5.25 Å². The lowest BCUT2D eigenvalue weighted by Gasteiger charge is -2.17. The Hall–Kier alpha value is -2.68. The van der Waals surface area contributed by atoms with Crippen LogP contribution in [0.3, 0.4) is 0 Å². The molecule has 0 unspecified atom stereocenters. The Morgan fingerprint density at radius 3 is 2.84 bits per heavy atom. The molecule has 1 N–H and O–H groups in total. The highest BCUT2D eigenvalue weighted by Gasteiger charge is 2.31. The van der Waals surface area contributed by atoms with Gasteiger partial charge in [0.25, 0.3) is 0 Å². The minimum atomic E-state index is -0.457. The number of aromatic nitrogens is 4. The summed E-state index contributed by atoms with van der Waals surface area (Å²) in [5, 5.41) is 11.2. The van der Waals surface area contributed by atoms with E-state index in [1.54, 1.807) is 25.4 Å². The molecule has 130 valence electrons. The topological polar surface area (TPSA) is 93.0 Å². The van der Waals surface area contributed by atoms with Gasteiger partial charge in [0.05, 0.1) is 5.25 Å². The van der Waals surface area contributed by atoms with Crippen LogP contribution in [-0.4, -0.2) is 54.9 Å². The number of carbonyl (C=O) groups excluding carboxylic acids is 2. The Kier molecular flexibility index (Phi) is 5.13. The number of nitrogens with one attached hydrogen (secondary N) is 1. The zero-order chi connectivity index (χ0) is 17.8. The molecule has 0 saturated carbocycles. The average molecular weight is 358 g/mol. The fraction of sp³-hybridized carbons (Fsp3) is 0.312. The third-order valence-electron chi connectivity index (χ3n) is 3.72. The Labute approximate surface area is 149 Å². The smallest absolute Gasteiger partial charge is 0.324 e. The molecule has 8 nitrogen and oxygen atoms in total. The van der Waals surface area contributed by atoms with E-state index in [1.807, 2.05) is 16.7 Å². The number of rotatable bonds is 6. The molecule has 3 amide bonds. The van der Waals surface area contributed by atoms with E-state index in [9.17, 15) is 9.59 Å². The third-order valence-corrected chi connectivity index (χ3v) is 4.79. The molecule has 0 radical (unpaired) electrons. The molecule has 1 aliphatic rings. The van der Waals surface area contributed by atoms with Gasteiger partial charge in [-0.1, -0.05) is 17.8 Å². The van der Waals surface area contributed by atoms with Crippen molar-refractivity contribution in [1.82, 2.24) is 30.0 Å². The zero-order valence-electron chi connectivity index (χ0n) is 13.8.